The molecule has 152 valence electrons. The third-order valence-electron chi connectivity index (χ3n) is 4.17. The summed E-state index contributed by atoms with van der Waals surface area (Å²) in [6.45, 7) is 0. The van der Waals surface area contributed by atoms with Gasteiger partial charge in [-0.1, -0.05) is 18.2 Å². The van der Waals surface area contributed by atoms with E-state index in [1.165, 1.54) is 53.9 Å². The first-order valence-electron chi connectivity index (χ1n) is 8.54. The number of alkyl halides is 3. The molecule has 0 unspecified atom stereocenters. The smallest absolute Gasteiger partial charge is 0.405 e. The van der Waals surface area contributed by atoms with E-state index < -0.39 is 23.4 Å². The summed E-state index contributed by atoms with van der Waals surface area (Å²) in [6.07, 6.45) is -3.37. The number of nitrogens with one attached hydrogen (secondary N) is 2. The molecule has 2 heterocycles. The van der Waals surface area contributed by atoms with Crippen molar-refractivity contribution in [2.75, 3.05) is 5.32 Å². The number of nitrogens with zero attached hydrogens (tertiary/aromatic N) is 1. The molecule has 0 spiro atoms. The van der Waals surface area contributed by atoms with Crippen LogP contribution in [0.1, 0.15) is 10.4 Å². The van der Waals surface area contributed by atoms with Gasteiger partial charge in [-0.25, -0.2) is 4.98 Å². The second-order valence-corrected chi connectivity index (χ2v) is 7.01. The van der Waals surface area contributed by atoms with Crippen molar-refractivity contribution < 1.29 is 22.7 Å². The maximum Gasteiger partial charge on any atom is 0.573 e. The van der Waals surface area contributed by atoms with Gasteiger partial charge >= 0.3 is 6.36 Å². The van der Waals surface area contributed by atoms with Crippen molar-refractivity contribution in [2.45, 2.75) is 6.36 Å². The second kappa shape index (κ2) is 7.64. The highest BCUT2D eigenvalue weighted by Gasteiger charge is 2.32. The maximum atomic E-state index is 12.8. The second-order valence-electron chi connectivity index (χ2n) is 6.11. The van der Waals surface area contributed by atoms with Crippen molar-refractivity contribution in [3.05, 3.63) is 75.9 Å². The zero-order valence-corrected chi connectivity index (χ0v) is 15.8. The SMILES string of the molecule is O=C(Nc1nccs1)c1cccc2c(=O)cc(-c3ccccc3OC(F)(F)F)[nH]c12. The fourth-order valence-electron chi connectivity index (χ4n) is 2.96. The molecular weight excluding hydrogens is 419 g/mol. The van der Waals surface area contributed by atoms with E-state index in [4.69, 9.17) is 0 Å². The van der Waals surface area contributed by atoms with E-state index in [2.05, 4.69) is 20.0 Å². The summed E-state index contributed by atoms with van der Waals surface area (Å²) in [5.74, 6) is -0.979. The Morgan fingerprint density at radius 2 is 1.93 bits per heavy atom. The zero-order valence-electron chi connectivity index (χ0n) is 15.0. The maximum absolute atomic E-state index is 12.8. The summed E-state index contributed by atoms with van der Waals surface area (Å²) in [5, 5.41) is 4.91. The Labute approximate surface area is 171 Å². The van der Waals surface area contributed by atoms with Crippen LogP contribution in [0.5, 0.6) is 5.75 Å². The Morgan fingerprint density at radius 3 is 2.67 bits per heavy atom. The number of fused-ring (bicyclic) bond motifs is 1. The number of halogens is 3. The van der Waals surface area contributed by atoms with Gasteiger partial charge in [0, 0.05) is 28.6 Å². The zero-order chi connectivity index (χ0) is 21.3. The highest BCUT2D eigenvalue weighted by atomic mass is 32.1. The van der Waals surface area contributed by atoms with Gasteiger partial charge < -0.3 is 9.72 Å². The van der Waals surface area contributed by atoms with E-state index in [1.807, 2.05) is 0 Å². The van der Waals surface area contributed by atoms with Gasteiger partial charge in [0.1, 0.15) is 5.75 Å². The molecule has 30 heavy (non-hydrogen) atoms. The number of aromatic amines is 1. The van der Waals surface area contributed by atoms with E-state index in [9.17, 15) is 22.8 Å². The van der Waals surface area contributed by atoms with Crippen LogP contribution in [-0.4, -0.2) is 22.2 Å². The number of amides is 1. The van der Waals surface area contributed by atoms with E-state index >= 15 is 0 Å². The Bertz CT molecular complexity index is 1280. The molecule has 10 heteroatoms. The summed E-state index contributed by atoms with van der Waals surface area (Å²) in [4.78, 5) is 32.2. The molecule has 0 fully saturated rings. The first kappa shape index (κ1) is 19.6. The highest BCUT2D eigenvalue weighted by molar-refractivity contribution is 7.13. The van der Waals surface area contributed by atoms with Crippen LogP contribution >= 0.6 is 11.3 Å². The fraction of sp³-hybridized carbons (Fsp3) is 0.0500. The van der Waals surface area contributed by atoms with Crippen LogP contribution in [0.4, 0.5) is 18.3 Å². The number of para-hydroxylation sites is 2. The van der Waals surface area contributed by atoms with Gasteiger partial charge in [0.15, 0.2) is 10.6 Å². The number of pyridine rings is 1. The van der Waals surface area contributed by atoms with Crippen LogP contribution < -0.4 is 15.5 Å². The molecule has 0 aliphatic carbocycles. The van der Waals surface area contributed by atoms with Crippen LogP contribution in [0.3, 0.4) is 0 Å². The number of hydrogen-bond donors (Lipinski definition) is 2. The molecular formula is C20H12F3N3O3S. The average molecular weight is 431 g/mol. The average Bonchev–Trinajstić information content (AvgIpc) is 3.19. The van der Waals surface area contributed by atoms with Crippen molar-refractivity contribution in [2.24, 2.45) is 0 Å². The van der Waals surface area contributed by atoms with Crippen molar-refractivity contribution in [1.82, 2.24) is 9.97 Å². The van der Waals surface area contributed by atoms with Crippen LogP contribution in [0, 0.1) is 0 Å². The topological polar surface area (TPSA) is 84.1 Å². The predicted molar refractivity (Wildman–Crippen MR) is 107 cm³/mol. The summed E-state index contributed by atoms with van der Waals surface area (Å²) in [6, 6.07) is 11.2. The highest BCUT2D eigenvalue weighted by Crippen LogP contribution is 2.33. The largest absolute Gasteiger partial charge is 0.573 e. The molecule has 0 aliphatic rings. The number of ether oxygens (including phenoxy) is 1. The first-order valence-corrected chi connectivity index (χ1v) is 9.42. The minimum absolute atomic E-state index is 0.0314. The fourth-order valence-corrected chi connectivity index (χ4v) is 3.48. The van der Waals surface area contributed by atoms with Crippen LogP contribution in [0.25, 0.3) is 22.2 Å². The van der Waals surface area contributed by atoms with Gasteiger partial charge in [-0.05, 0) is 24.3 Å². The standard InChI is InChI=1S/C20H12F3N3O3S/c21-20(22,23)29-16-7-2-1-4-11(16)14-10-15(27)12-5-3-6-13(17(12)25-14)18(28)26-19-24-8-9-30-19/h1-10H,(H,25,27)(H,24,26,28). The van der Waals surface area contributed by atoms with Gasteiger partial charge in [0.05, 0.1) is 16.8 Å². The molecule has 0 atom stereocenters. The summed E-state index contributed by atoms with van der Waals surface area (Å²) in [7, 11) is 0. The third-order valence-corrected chi connectivity index (χ3v) is 4.85. The van der Waals surface area contributed by atoms with Crippen molar-refractivity contribution in [3.8, 4) is 17.0 Å². The number of aromatic nitrogens is 2. The van der Waals surface area contributed by atoms with Crippen molar-refractivity contribution >= 4 is 33.3 Å². The lowest BCUT2D eigenvalue weighted by Crippen LogP contribution is -2.18. The Kier molecular flexibility index (Phi) is 5.00. The summed E-state index contributed by atoms with van der Waals surface area (Å²) >= 11 is 1.22. The number of anilines is 1. The molecule has 0 bridgehead atoms. The lowest BCUT2D eigenvalue weighted by Gasteiger charge is -2.14. The number of benzene rings is 2. The Hall–Kier alpha value is -3.66. The molecule has 1 amide bonds. The molecule has 6 nitrogen and oxygen atoms in total. The van der Waals surface area contributed by atoms with Crippen LogP contribution in [0.2, 0.25) is 0 Å². The lowest BCUT2D eigenvalue weighted by atomic mass is 10.0. The molecule has 2 aromatic carbocycles. The van der Waals surface area contributed by atoms with Crippen LogP contribution in [-0.2, 0) is 0 Å². The Balaban J connectivity index is 1.85. The van der Waals surface area contributed by atoms with Crippen molar-refractivity contribution in [1.29, 1.82) is 0 Å². The molecule has 4 aromatic rings. The molecule has 4 rings (SSSR count). The monoisotopic (exact) mass is 431 g/mol. The minimum atomic E-state index is -4.90. The van der Waals surface area contributed by atoms with Crippen molar-refractivity contribution in [3.63, 3.8) is 0 Å². The number of carbonyl (C=O) groups excluding carboxylic acids is 1. The molecule has 0 aliphatic heterocycles. The van der Waals surface area contributed by atoms with Gasteiger partial charge in [-0.15, -0.1) is 24.5 Å². The quantitative estimate of drug-likeness (QED) is 0.486. The molecule has 2 N–H and O–H groups in total. The van der Waals surface area contributed by atoms with E-state index in [-0.39, 0.29) is 27.7 Å². The van der Waals surface area contributed by atoms with Gasteiger partial charge in [0.25, 0.3) is 5.91 Å². The summed E-state index contributed by atoms with van der Waals surface area (Å²) < 4.78 is 42.4. The number of carbonyl (C=O) groups is 1. The van der Waals surface area contributed by atoms with E-state index in [0.29, 0.717) is 5.13 Å². The number of thiazole rings is 1. The Morgan fingerprint density at radius 1 is 1.13 bits per heavy atom. The van der Waals surface area contributed by atoms with E-state index in [1.54, 1.807) is 11.4 Å². The number of hydrogen-bond acceptors (Lipinski definition) is 5. The number of rotatable bonds is 4. The number of H-pyrrole nitrogens is 1. The van der Waals surface area contributed by atoms with E-state index in [0.717, 1.165) is 6.07 Å². The van der Waals surface area contributed by atoms with Gasteiger partial charge in [-0.2, -0.15) is 0 Å². The lowest BCUT2D eigenvalue weighted by molar-refractivity contribution is -0.274. The molecule has 2 aromatic heterocycles. The molecule has 0 saturated carbocycles. The molecule has 0 radical (unpaired) electrons. The van der Waals surface area contributed by atoms with Gasteiger partial charge in [-0.3, -0.25) is 14.9 Å². The van der Waals surface area contributed by atoms with Crippen LogP contribution in [0.15, 0.2) is 64.9 Å². The predicted octanol–water partition coefficient (Wildman–Crippen LogP) is 4.80. The normalized spacial score (nSPS) is 11.4. The molecule has 0 saturated heterocycles. The minimum Gasteiger partial charge on any atom is -0.405 e. The first-order chi connectivity index (χ1) is 14.3. The summed E-state index contributed by atoms with van der Waals surface area (Å²) in [5.41, 5.74) is 0.00186. The third kappa shape index (κ3) is 4.03. The van der Waals surface area contributed by atoms with Gasteiger partial charge in [0.2, 0.25) is 0 Å².